The Morgan fingerprint density at radius 3 is 2.00 bits per heavy atom. The average molecular weight is 269 g/mol. The molecule has 1 nitrogen and oxygen atoms in total. The molecule has 0 aliphatic heterocycles. The molecule has 0 aliphatic rings. The Labute approximate surface area is 107 Å². The molecule has 2 aromatic rings. The Kier molecular flexibility index (Phi) is 3.85. The minimum absolute atomic E-state index is 0.226. The maximum atomic E-state index is 13.7. The second kappa shape index (κ2) is 5.40. The van der Waals surface area contributed by atoms with E-state index in [1.165, 1.54) is 19.2 Å². The highest BCUT2D eigenvalue weighted by Gasteiger charge is 2.21. The molecule has 0 bridgehead atoms. The van der Waals surface area contributed by atoms with Gasteiger partial charge < -0.3 is 5.32 Å². The van der Waals surface area contributed by atoms with E-state index in [0.29, 0.717) is 0 Å². The molecule has 0 fully saturated rings. The summed E-state index contributed by atoms with van der Waals surface area (Å²) in [6.45, 7) is 0. The lowest BCUT2D eigenvalue weighted by atomic mass is 9.97. The maximum Gasteiger partial charge on any atom is 0.159 e. The molecule has 19 heavy (non-hydrogen) atoms. The summed E-state index contributed by atoms with van der Waals surface area (Å²) in [7, 11) is 1.48. The molecule has 0 radical (unpaired) electrons. The van der Waals surface area contributed by atoms with Crippen LogP contribution in [0.4, 0.5) is 17.6 Å². The van der Waals surface area contributed by atoms with Gasteiger partial charge in [0.25, 0.3) is 0 Å². The van der Waals surface area contributed by atoms with E-state index < -0.39 is 29.3 Å². The highest BCUT2D eigenvalue weighted by atomic mass is 19.2. The van der Waals surface area contributed by atoms with E-state index >= 15 is 0 Å². The van der Waals surface area contributed by atoms with Crippen molar-refractivity contribution < 1.29 is 17.6 Å². The van der Waals surface area contributed by atoms with Gasteiger partial charge in [0.05, 0.1) is 6.04 Å². The molecule has 0 spiro atoms. The molecule has 0 aliphatic carbocycles. The molecule has 2 aromatic carbocycles. The quantitative estimate of drug-likeness (QED) is 0.840. The summed E-state index contributed by atoms with van der Waals surface area (Å²) >= 11 is 0. The van der Waals surface area contributed by atoms with Gasteiger partial charge in [-0.1, -0.05) is 12.1 Å². The van der Waals surface area contributed by atoms with Gasteiger partial charge in [0.2, 0.25) is 0 Å². The summed E-state index contributed by atoms with van der Waals surface area (Å²) in [4.78, 5) is 0. The van der Waals surface area contributed by atoms with E-state index in [-0.39, 0.29) is 11.1 Å². The van der Waals surface area contributed by atoms with E-state index in [1.54, 1.807) is 0 Å². The second-order valence-electron chi connectivity index (χ2n) is 4.03. The van der Waals surface area contributed by atoms with E-state index in [9.17, 15) is 17.6 Å². The second-order valence-corrected chi connectivity index (χ2v) is 4.03. The third kappa shape index (κ3) is 2.61. The molecular formula is C14H11F4N. The van der Waals surface area contributed by atoms with E-state index in [1.807, 2.05) is 0 Å². The zero-order valence-corrected chi connectivity index (χ0v) is 10.1. The van der Waals surface area contributed by atoms with Crippen LogP contribution in [0.2, 0.25) is 0 Å². The summed E-state index contributed by atoms with van der Waals surface area (Å²) < 4.78 is 53.5. The van der Waals surface area contributed by atoms with Gasteiger partial charge in [0.15, 0.2) is 11.6 Å². The van der Waals surface area contributed by atoms with Crippen LogP contribution in [0, 0.1) is 23.3 Å². The smallest absolute Gasteiger partial charge is 0.159 e. The Morgan fingerprint density at radius 2 is 1.47 bits per heavy atom. The lowest BCUT2D eigenvalue weighted by Crippen LogP contribution is -2.20. The number of halogens is 4. The van der Waals surface area contributed by atoms with Gasteiger partial charge in [0, 0.05) is 5.56 Å². The van der Waals surface area contributed by atoms with E-state index in [0.717, 1.165) is 24.3 Å². The first kappa shape index (κ1) is 13.5. The van der Waals surface area contributed by atoms with Crippen LogP contribution < -0.4 is 5.32 Å². The minimum Gasteiger partial charge on any atom is -0.309 e. The maximum absolute atomic E-state index is 13.7. The highest BCUT2D eigenvalue weighted by molar-refractivity contribution is 5.34. The van der Waals surface area contributed by atoms with Gasteiger partial charge in [-0.05, 0) is 36.9 Å². The van der Waals surface area contributed by atoms with Gasteiger partial charge in [0.1, 0.15) is 11.6 Å². The molecular weight excluding hydrogens is 258 g/mol. The Balaban J connectivity index is 2.53. The molecule has 1 atom stereocenters. The van der Waals surface area contributed by atoms with Crippen LogP contribution in [0.25, 0.3) is 0 Å². The summed E-state index contributed by atoms with van der Waals surface area (Å²) in [6, 6.07) is 5.70. The zero-order chi connectivity index (χ0) is 14.0. The van der Waals surface area contributed by atoms with E-state index in [4.69, 9.17) is 0 Å². The van der Waals surface area contributed by atoms with Gasteiger partial charge in [-0.2, -0.15) is 0 Å². The number of nitrogens with one attached hydrogen (secondary N) is 1. The standard InChI is InChI=1S/C14H11F4N/c1-19-14(8-5-6-9(15)12(18)7-8)13-10(16)3-2-4-11(13)17/h2-7,14,19H,1H3. The predicted octanol–water partition coefficient (Wildman–Crippen LogP) is 3.55. The summed E-state index contributed by atoms with van der Waals surface area (Å²) in [5.41, 5.74) is 0.0152. The van der Waals surface area contributed by atoms with Crippen molar-refractivity contribution in [1.29, 1.82) is 0 Å². The van der Waals surface area contributed by atoms with Crippen molar-refractivity contribution >= 4 is 0 Å². The topological polar surface area (TPSA) is 12.0 Å². The third-order valence-electron chi connectivity index (χ3n) is 2.85. The van der Waals surface area contributed by atoms with Crippen molar-refractivity contribution in [2.45, 2.75) is 6.04 Å². The normalized spacial score (nSPS) is 12.5. The van der Waals surface area contributed by atoms with Crippen LogP contribution in [0.3, 0.4) is 0 Å². The van der Waals surface area contributed by atoms with Crippen molar-refractivity contribution in [3.8, 4) is 0 Å². The van der Waals surface area contributed by atoms with Crippen molar-refractivity contribution in [1.82, 2.24) is 5.32 Å². The molecule has 1 N–H and O–H groups in total. The highest BCUT2D eigenvalue weighted by Crippen LogP contribution is 2.27. The first-order chi connectivity index (χ1) is 9.04. The molecule has 0 amide bonds. The molecule has 0 aromatic heterocycles. The first-order valence-electron chi connectivity index (χ1n) is 5.60. The largest absolute Gasteiger partial charge is 0.309 e. The fourth-order valence-electron chi connectivity index (χ4n) is 1.96. The van der Waals surface area contributed by atoms with Crippen molar-refractivity contribution in [3.63, 3.8) is 0 Å². The molecule has 0 saturated carbocycles. The fraction of sp³-hybridized carbons (Fsp3) is 0.143. The molecule has 5 heteroatoms. The molecule has 2 rings (SSSR count). The van der Waals surface area contributed by atoms with Crippen LogP contribution in [-0.4, -0.2) is 7.05 Å². The Morgan fingerprint density at radius 1 is 0.842 bits per heavy atom. The van der Waals surface area contributed by atoms with Crippen LogP contribution in [0.5, 0.6) is 0 Å². The SMILES string of the molecule is CNC(c1ccc(F)c(F)c1)c1c(F)cccc1F. The number of hydrogen-bond donors (Lipinski definition) is 1. The van der Waals surface area contributed by atoms with Gasteiger partial charge >= 0.3 is 0 Å². The van der Waals surface area contributed by atoms with Crippen LogP contribution >= 0.6 is 0 Å². The van der Waals surface area contributed by atoms with Crippen molar-refractivity contribution in [2.75, 3.05) is 7.05 Å². The van der Waals surface area contributed by atoms with Crippen LogP contribution in [0.1, 0.15) is 17.2 Å². The number of hydrogen-bond acceptors (Lipinski definition) is 1. The molecule has 0 saturated heterocycles. The molecule has 1 unspecified atom stereocenters. The van der Waals surface area contributed by atoms with Gasteiger partial charge in [-0.25, -0.2) is 17.6 Å². The fourth-order valence-corrected chi connectivity index (χ4v) is 1.96. The Bertz CT molecular complexity index is 578. The Hall–Kier alpha value is -1.88. The van der Waals surface area contributed by atoms with Crippen LogP contribution in [-0.2, 0) is 0 Å². The summed E-state index contributed by atoms with van der Waals surface area (Å²) in [5, 5.41) is 2.69. The number of rotatable bonds is 3. The first-order valence-corrected chi connectivity index (χ1v) is 5.60. The zero-order valence-electron chi connectivity index (χ0n) is 10.1. The van der Waals surface area contributed by atoms with Crippen molar-refractivity contribution in [3.05, 3.63) is 70.8 Å². The van der Waals surface area contributed by atoms with Crippen molar-refractivity contribution in [2.24, 2.45) is 0 Å². The molecule has 100 valence electrons. The summed E-state index contributed by atoms with van der Waals surface area (Å²) in [5.74, 6) is -3.56. The number of benzene rings is 2. The van der Waals surface area contributed by atoms with Crippen LogP contribution in [0.15, 0.2) is 36.4 Å². The predicted molar refractivity (Wildman–Crippen MR) is 63.6 cm³/mol. The lowest BCUT2D eigenvalue weighted by Gasteiger charge is -2.18. The monoisotopic (exact) mass is 269 g/mol. The van der Waals surface area contributed by atoms with Gasteiger partial charge in [-0.15, -0.1) is 0 Å². The minimum atomic E-state index is -1.06. The van der Waals surface area contributed by atoms with E-state index in [2.05, 4.69) is 5.32 Å². The van der Waals surface area contributed by atoms with Gasteiger partial charge in [-0.3, -0.25) is 0 Å². The summed E-state index contributed by atoms with van der Waals surface area (Å²) in [6.07, 6.45) is 0. The third-order valence-corrected chi connectivity index (χ3v) is 2.85. The lowest BCUT2D eigenvalue weighted by molar-refractivity contribution is 0.498. The average Bonchev–Trinajstić information content (AvgIpc) is 2.37. The molecule has 0 heterocycles.